The first-order valence-electron chi connectivity index (χ1n) is 11.6. The number of sulfonamides is 1. The molecule has 0 unspecified atom stereocenters. The number of nitrogens with one attached hydrogen (secondary N) is 1. The zero-order valence-corrected chi connectivity index (χ0v) is 20.0. The van der Waals surface area contributed by atoms with Crippen molar-refractivity contribution in [1.82, 2.24) is 9.62 Å². The Morgan fingerprint density at radius 2 is 1.65 bits per heavy atom. The first-order chi connectivity index (χ1) is 16.3. The number of hydrogen-bond donors (Lipinski definition) is 1. The topological polar surface area (TPSA) is 113 Å². The van der Waals surface area contributed by atoms with Crippen molar-refractivity contribution in [2.45, 2.75) is 43.5 Å². The van der Waals surface area contributed by atoms with Gasteiger partial charge >= 0.3 is 0 Å². The number of benzene rings is 2. The molecule has 1 amide bonds. The van der Waals surface area contributed by atoms with E-state index in [2.05, 4.69) is 12.2 Å². The molecule has 2 aromatic rings. The van der Waals surface area contributed by atoms with E-state index in [1.54, 1.807) is 18.2 Å². The second kappa shape index (κ2) is 10.1. The molecule has 0 aromatic heterocycles. The number of nitrogens with zero attached hydrogens (tertiary/aromatic N) is 3. The van der Waals surface area contributed by atoms with Crippen LogP contribution in [-0.2, 0) is 10.0 Å². The third-order valence-corrected chi connectivity index (χ3v) is 8.63. The molecule has 0 spiro atoms. The molecule has 2 heterocycles. The molecule has 10 heteroatoms. The van der Waals surface area contributed by atoms with Gasteiger partial charge in [-0.25, -0.2) is 8.42 Å². The summed E-state index contributed by atoms with van der Waals surface area (Å²) >= 11 is 0. The number of rotatable bonds is 6. The molecule has 34 heavy (non-hydrogen) atoms. The number of hydrogen-bond acceptors (Lipinski definition) is 6. The fourth-order valence-electron chi connectivity index (χ4n) is 4.57. The molecule has 0 atom stereocenters. The van der Waals surface area contributed by atoms with Gasteiger partial charge in [0.15, 0.2) is 0 Å². The Balaban J connectivity index is 1.45. The van der Waals surface area contributed by atoms with Crippen molar-refractivity contribution in [3.63, 3.8) is 0 Å². The van der Waals surface area contributed by atoms with Gasteiger partial charge in [-0.15, -0.1) is 0 Å². The van der Waals surface area contributed by atoms with Crippen LogP contribution in [-0.4, -0.2) is 55.8 Å². The van der Waals surface area contributed by atoms with Crippen LogP contribution in [0, 0.1) is 16.0 Å². The minimum Gasteiger partial charge on any atom is -0.366 e. The summed E-state index contributed by atoms with van der Waals surface area (Å²) in [5.74, 6) is 0.343. The average molecular weight is 487 g/mol. The maximum atomic E-state index is 13.1. The van der Waals surface area contributed by atoms with Crippen molar-refractivity contribution in [3.8, 4) is 0 Å². The predicted molar refractivity (Wildman–Crippen MR) is 129 cm³/mol. The maximum Gasteiger partial charge on any atom is 0.293 e. The lowest BCUT2D eigenvalue weighted by molar-refractivity contribution is -0.384. The first kappa shape index (κ1) is 24.2. The molecule has 0 saturated carbocycles. The number of anilines is 1. The summed E-state index contributed by atoms with van der Waals surface area (Å²) in [5.41, 5.74) is 0.794. The highest BCUT2D eigenvalue weighted by atomic mass is 32.2. The summed E-state index contributed by atoms with van der Waals surface area (Å²) in [6.07, 6.45) is 2.85. The van der Waals surface area contributed by atoms with Gasteiger partial charge < -0.3 is 10.2 Å². The highest BCUT2D eigenvalue weighted by Crippen LogP contribution is 2.34. The summed E-state index contributed by atoms with van der Waals surface area (Å²) < 4.78 is 27.6. The third kappa shape index (κ3) is 5.23. The van der Waals surface area contributed by atoms with Crippen molar-refractivity contribution < 1.29 is 18.1 Å². The molecule has 2 aliphatic heterocycles. The normalized spacial score (nSPS) is 18.6. The Kier molecular flexibility index (Phi) is 7.18. The molecule has 4 rings (SSSR count). The van der Waals surface area contributed by atoms with E-state index in [1.807, 2.05) is 23.1 Å². The average Bonchev–Trinajstić information content (AvgIpc) is 2.85. The van der Waals surface area contributed by atoms with Crippen LogP contribution in [0.25, 0.3) is 0 Å². The molecule has 0 radical (unpaired) electrons. The number of carbonyl (C=O) groups excluding carboxylic acids is 1. The molecule has 2 aliphatic rings. The van der Waals surface area contributed by atoms with Crippen LogP contribution in [0.1, 0.15) is 43.0 Å². The zero-order chi connectivity index (χ0) is 24.3. The summed E-state index contributed by atoms with van der Waals surface area (Å²) in [6.45, 7) is 4.01. The molecule has 2 saturated heterocycles. The van der Waals surface area contributed by atoms with E-state index in [4.69, 9.17) is 0 Å². The first-order valence-corrected chi connectivity index (χ1v) is 13.1. The van der Waals surface area contributed by atoms with E-state index in [0.717, 1.165) is 12.8 Å². The van der Waals surface area contributed by atoms with E-state index in [9.17, 15) is 23.3 Å². The zero-order valence-electron chi connectivity index (χ0n) is 19.2. The van der Waals surface area contributed by atoms with E-state index in [-0.39, 0.29) is 22.5 Å². The minimum absolute atomic E-state index is 0.0239. The maximum absolute atomic E-state index is 13.1. The number of nitro benzene ring substituents is 1. The Morgan fingerprint density at radius 3 is 2.26 bits per heavy atom. The van der Waals surface area contributed by atoms with Crippen molar-refractivity contribution in [3.05, 3.63) is 64.2 Å². The Labute approximate surface area is 200 Å². The van der Waals surface area contributed by atoms with Crippen LogP contribution in [0.15, 0.2) is 53.4 Å². The fraction of sp³-hybridized carbons (Fsp3) is 0.458. The van der Waals surface area contributed by atoms with Crippen LogP contribution in [0.4, 0.5) is 11.4 Å². The number of piperidine rings is 2. The molecule has 0 bridgehead atoms. The molecule has 1 N–H and O–H groups in total. The van der Waals surface area contributed by atoms with Crippen LogP contribution in [0.3, 0.4) is 0 Å². The van der Waals surface area contributed by atoms with Gasteiger partial charge in [0, 0.05) is 43.9 Å². The summed E-state index contributed by atoms with van der Waals surface area (Å²) in [5, 5.41) is 14.9. The van der Waals surface area contributed by atoms with Gasteiger partial charge in [0.05, 0.1) is 9.82 Å². The number of carbonyl (C=O) groups is 1. The standard InChI is InChI=1S/C24H30N4O5S/c1-18-9-15-27(16-10-18)34(32,33)21-7-8-22(23(17-21)28(30)31)26-13-11-20(12-14-26)25-24(29)19-5-3-2-4-6-19/h2-8,17-18,20H,9-16H2,1H3,(H,25,29). The molecular weight excluding hydrogens is 456 g/mol. The molecule has 0 aliphatic carbocycles. The van der Waals surface area contributed by atoms with Crippen LogP contribution in [0.5, 0.6) is 0 Å². The second-order valence-electron chi connectivity index (χ2n) is 9.10. The Hall–Kier alpha value is -2.98. The fourth-order valence-corrected chi connectivity index (χ4v) is 6.06. The molecular formula is C24H30N4O5S. The smallest absolute Gasteiger partial charge is 0.293 e. The van der Waals surface area contributed by atoms with Crippen LogP contribution >= 0.6 is 0 Å². The third-order valence-electron chi connectivity index (χ3n) is 6.73. The van der Waals surface area contributed by atoms with E-state index < -0.39 is 14.9 Å². The van der Waals surface area contributed by atoms with E-state index in [1.165, 1.54) is 16.4 Å². The lowest BCUT2D eigenvalue weighted by Gasteiger charge is -2.34. The molecule has 2 aromatic carbocycles. The summed E-state index contributed by atoms with van der Waals surface area (Å²) in [7, 11) is -3.77. The monoisotopic (exact) mass is 486 g/mol. The van der Waals surface area contributed by atoms with Gasteiger partial charge in [0.1, 0.15) is 5.69 Å². The minimum atomic E-state index is -3.77. The Morgan fingerprint density at radius 1 is 1.00 bits per heavy atom. The summed E-state index contributed by atoms with van der Waals surface area (Å²) in [4.78, 5) is 25.6. The van der Waals surface area contributed by atoms with Gasteiger partial charge in [-0.05, 0) is 55.9 Å². The quantitative estimate of drug-likeness (QED) is 0.495. The predicted octanol–water partition coefficient (Wildman–Crippen LogP) is 3.41. The highest BCUT2D eigenvalue weighted by Gasteiger charge is 2.32. The largest absolute Gasteiger partial charge is 0.366 e. The van der Waals surface area contributed by atoms with Crippen LogP contribution < -0.4 is 10.2 Å². The number of amides is 1. The Bertz CT molecular complexity index is 1140. The van der Waals surface area contributed by atoms with Gasteiger partial charge in [-0.2, -0.15) is 4.31 Å². The van der Waals surface area contributed by atoms with Gasteiger partial charge in [0.2, 0.25) is 10.0 Å². The summed E-state index contributed by atoms with van der Waals surface area (Å²) in [6, 6.07) is 13.2. The highest BCUT2D eigenvalue weighted by molar-refractivity contribution is 7.89. The molecule has 2 fully saturated rings. The number of nitro groups is 1. The van der Waals surface area contributed by atoms with Gasteiger partial charge in [-0.1, -0.05) is 25.1 Å². The van der Waals surface area contributed by atoms with Crippen molar-refractivity contribution in [1.29, 1.82) is 0 Å². The van der Waals surface area contributed by atoms with Crippen LogP contribution in [0.2, 0.25) is 0 Å². The molecule has 182 valence electrons. The van der Waals surface area contributed by atoms with Gasteiger partial charge in [0.25, 0.3) is 11.6 Å². The van der Waals surface area contributed by atoms with E-state index in [0.29, 0.717) is 56.2 Å². The molecule has 9 nitrogen and oxygen atoms in total. The lowest BCUT2D eigenvalue weighted by Crippen LogP contribution is -2.44. The van der Waals surface area contributed by atoms with Crippen molar-refractivity contribution in [2.75, 3.05) is 31.1 Å². The SMILES string of the molecule is CC1CCN(S(=O)(=O)c2ccc(N3CCC(NC(=O)c4ccccc4)CC3)c([N+](=O)[O-])c2)CC1. The lowest BCUT2D eigenvalue weighted by atomic mass is 10.0. The van der Waals surface area contributed by atoms with E-state index >= 15 is 0 Å². The van der Waals surface area contributed by atoms with Crippen molar-refractivity contribution >= 4 is 27.3 Å². The van der Waals surface area contributed by atoms with Gasteiger partial charge in [-0.3, -0.25) is 14.9 Å². The second-order valence-corrected chi connectivity index (χ2v) is 11.0. The van der Waals surface area contributed by atoms with Crippen molar-refractivity contribution in [2.24, 2.45) is 5.92 Å².